The molecule has 150 valence electrons. The number of fused-ring (bicyclic) bond motifs is 1. The van der Waals surface area contributed by atoms with Crippen LogP contribution in [0.2, 0.25) is 0 Å². The molecule has 1 heterocycles. The molecule has 4 rings (SSSR count). The first kappa shape index (κ1) is 19.4. The number of ether oxygens (including phenoxy) is 1. The molecule has 1 aliphatic carbocycles. The molecule has 28 heavy (non-hydrogen) atoms. The van der Waals surface area contributed by atoms with E-state index in [-0.39, 0.29) is 11.2 Å². The molecule has 2 unspecified atom stereocenters. The summed E-state index contributed by atoms with van der Waals surface area (Å²) in [6, 6.07) is 13.9. The Morgan fingerprint density at radius 1 is 1.18 bits per heavy atom. The maximum atomic E-state index is 13.3. The summed E-state index contributed by atoms with van der Waals surface area (Å²) in [5.41, 5.74) is 9.96. The van der Waals surface area contributed by atoms with Gasteiger partial charge in [0.15, 0.2) is 0 Å². The molecule has 4 heteroatoms. The quantitative estimate of drug-likeness (QED) is 0.792. The highest BCUT2D eigenvalue weighted by molar-refractivity contribution is 5.71. The summed E-state index contributed by atoms with van der Waals surface area (Å²) in [4.78, 5) is 2.62. The third-order valence-corrected chi connectivity index (χ3v) is 6.85. The van der Waals surface area contributed by atoms with Crippen LogP contribution in [0, 0.1) is 11.2 Å². The molecule has 0 bridgehead atoms. The Labute approximate surface area is 167 Å². The van der Waals surface area contributed by atoms with E-state index in [9.17, 15) is 4.39 Å². The van der Waals surface area contributed by atoms with E-state index >= 15 is 0 Å². The van der Waals surface area contributed by atoms with Crippen LogP contribution in [0.1, 0.15) is 45.1 Å². The normalized spacial score (nSPS) is 27.6. The number of nitrogens with two attached hydrogens (primary N) is 1. The smallest absolute Gasteiger partial charge is 0.127 e. The fourth-order valence-electron chi connectivity index (χ4n) is 5.25. The topological polar surface area (TPSA) is 38.5 Å². The van der Waals surface area contributed by atoms with Crippen LogP contribution in [0.25, 0.3) is 11.1 Å². The maximum Gasteiger partial charge on any atom is 0.127 e. The van der Waals surface area contributed by atoms with Gasteiger partial charge in [0.05, 0.1) is 6.61 Å². The number of likely N-dealkylation sites (tertiary alicyclic amines) is 1. The number of halogens is 1. The average molecular weight is 383 g/mol. The lowest BCUT2D eigenvalue weighted by Crippen LogP contribution is -2.52. The lowest BCUT2D eigenvalue weighted by atomic mass is 9.74. The first-order valence-corrected chi connectivity index (χ1v) is 10.5. The number of hydrogen-bond donors (Lipinski definition) is 1. The molecule has 2 aliphatic rings. The largest absolute Gasteiger partial charge is 0.493 e. The monoisotopic (exact) mass is 382 g/mol. The summed E-state index contributed by atoms with van der Waals surface area (Å²) in [5, 5.41) is 0. The van der Waals surface area contributed by atoms with Crippen molar-refractivity contribution in [1.29, 1.82) is 0 Å². The predicted octanol–water partition coefficient (Wildman–Crippen LogP) is 4.98. The van der Waals surface area contributed by atoms with Crippen LogP contribution >= 0.6 is 0 Å². The van der Waals surface area contributed by atoms with E-state index in [0.29, 0.717) is 18.7 Å². The Balaban J connectivity index is 1.58. The molecule has 1 saturated heterocycles. The summed E-state index contributed by atoms with van der Waals surface area (Å²) in [7, 11) is 0. The van der Waals surface area contributed by atoms with Crippen molar-refractivity contribution in [3.05, 3.63) is 53.8 Å². The molecule has 2 aromatic carbocycles. The van der Waals surface area contributed by atoms with Crippen molar-refractivity contribution in [3.63, 3.8) is 0 Å². The zero-order chi connectivity index (χ0) is 19.7. The van der Waals surface area contributed by atoms with E-state index in [1.165, 1.54) is 37.0 Å². The van der Waals surface area contributed by atoms with Gasteiger partial charge < -0.3 is 10.5 Å². The minimum atomic E-state index is -0.221. The molecule has 2 N–H and O–H groups in total. The minimum absolute atomic E-state index is 0.221. The summed E-state index contributed by atoms with van der Waals surface area (Å²) < 4.78 is 19.2. The average Bonchev–Trinajstić information content (AvgIpc) is 2.99. The van der Waals surface area contributed by atoms with Gasteiger partial charge in [-0.1, -0.05) is 31.2 Å². The van der Waals surface area contributed by atoms with Crippen molar-refractivity contribution in [2.45, 2.75) is 58.2 Å². The maximum absolute atomic E-state index is 13.3. The highest BCUT2D eigenvalue weighted by Crippen LogP contribution is 2.47. The number of rotatable bonds is 5. The Hall–Kier alpha value is -1.91. The van der Waals surface area contributed by atoms with Gasteiger partial charge in [0.2, 0.25) is 0 Å². The Bertz CT molecular complexity index is 822. The number of piperidine rings is 1. The molecule has 0 aromatic heterocycles. The van der Waals surface area contributed by atoms with Crippen LogP contribution in [-0.4, -0.2) is 30.1 Å². The standard InChI is InChI=1S/C24H31FN2O/c1-3-28-21-15-17(5-10-20(21)18-6-8-19(25)9-7-18)16-27-14-4-13-24(2)22(26)11-12-23(24)27/h5-10,15,22-23H,3-4,11-14,16,26H2,1-2H3/t22?,23?,24-/m0/s1. The van der Waals surface area contributed by atoms with Crippen molar-refractivity contribution in [1.82, 2.24) is 4.90 Å². The highest BCUT2D eigenvalue weighted by atomic mass is 19.1. The minimum Gasteiger partial charge on any atom is -0.493 e. The van der Waals surface area contributed by atoms with Crippen molar-refractivity contribution in [2.24, 2.45) is 11.1 Å². The van der Waals surface area contributed by atoms with Gasteiger partial charge in [-0.05, 0) is 73.9 Å². The molecular weight excluding hydrogens is 351 g/mol. The molecule has 1 aliphatic heterocycles. The zero-order valence-corrected chi connectivity index (χ0v) is 17.0. The van der Waals surface area contributed by atoms with E-state index in [0.717, 1.165) is 36.4 Å². The fourth-order valence-corrected chi connectivity index (χ4v) is 5.25. The number of hydrogen-bond acceptors (Lipinski definition) is 3. The SMILES string of the molecule is CCOc1cc(CN2CCC[C@@]3(C)C(N)CCC23)ccc1-c1ccc(F)cc1. The molecule has 0 amide bonds. The summed E-state index contributed by atoms with van der Waals surface area (Å²) in [6.45, 7) is 7.05. The van der Waals surface area contributed by atoms with E-state index in [1.54, 1.807) is 0 Å². The Morgan fingerprint density at radius 3 is 2.71 bits per heavy atom. The summed E-state index contributed by atoms with van der Waals surface area (Å²) in [5.74, 6) is 0.649. The van der Waals surface area contributed by atoms with E-state index in [1.807, 2.05) is 19.1 Å². The molecule has 2 aromatic rings. The third-order valence-electron chi connectivity index (χ3n) is 6.85. The molecule has 0 spiro atoms. The van der Waals surface area contributed by atoms with Crippen molar-refractivity contribution < 1.29 is 9.13 Å². The van der Waals surface area contributed by atoms with E-state index < -0.39 is 0 Å². The van der Waals surface area contributed by atoms with Crippen LogP contribution < -0.4 is 10.5 Å². The molecule has 3 atom stereocenters. The van der Waals surface area contributed by atoms with Crippen LogP contribution in [-0.2, 0) is 6.54 Å². The second-order valence-corrected chi connectivity index (χ2v) is 8.55. The van der Waals surface area contributed by atoms with Gasteiger partial charge in [-0.2, -0.15) is 0 Å². The van der Waals surface area contributed by atoms with Gasteiger partial charge in [0.1, 0.15) is 11.6 Å². The molecule has 3 nitrogen and oxygen atoms in total. The third kappa shape index (κ3) is 3.56. The summed E-state index contributed by atoms with van der Waals surface area (Å²) in [6.07, 6.45) is 4.78. The van der Waals surface area contributed by atoms with Crippen molar-refractivity contribution >= 4 is 0 Å². The second kappa shape index (κ2) is 7.84. The lowest BCUT2D eigenvalue weighted by Gasteiger charge is -2.46. The van der Waals surface area contributed by atoms with Crippen molar-refractivity contribution in [2.75, 3.05) is 13.2 Å². The van der Waals surface area contributed by atoms with Crippen LogP contribution in [0.4, 0.5) is 4.39 Å². The summed E-state index contributed by atoms with van der Waals surface area (Å²) >= 11 is 0. The lowest BCUT2D eigenvalue weighted by molar-refractivity contribution is 0.0351. The van der Waals surface area contributed by atoms with Gasteiger partial charge in [0, 0.05) is 24.2 Å². The Morgan fingerprint density at radius 2 is 1.96 bits per heavy atom. The van der Waals surface area contributed by atoms with Gasteiger partial charge in [-0.3, -0.25) is 4.90 Å². The first-order chi connectivity index (χ1) is 13.5. The fraction of sp³-hybridized carbons (Fsp3) is 0.500. The molecule has 0 radical (unpaired) electrons. The van der Waals surface area contributed by atoms with Crippen LogP contribution in [0.15, 0.2) is 42.5 Å². The van der Waals surface area contributed by atoms with Gasteiger partial charge in [-0.25, -0.2) is 4.39 Å². The predicted molar refractivity (Wildman–Crippen MR) is 112 cm³/mol. The van der Waals surface area contributed by atoms with E-state index in [4.69, 9.17) is 10.5 Å². The molecule has 1 saturated carbocycles. The molecule has 2 fully saturated rings. The number of nitrogens with zero attached hydrogens (tertiary/aromatic N) is 1. The van der Waals surface area contributed by atoms with Gasteiger partial charge in [0.25, 0.3) is 0 Å². The highest BCUT2D eigenvalue weighted by Gasteiger charge is 2.49. The molecular formula is C24H31FN2O. The van der Waals surface area contributed by atoms with E-state index in [2.05, 4.69) is 30.0 Å². The second-order valence-electron chi connectivity index (χ2n) is 8.55. The van der Waals surface area contributed by atoms with Gasteiger partial charge >= 0.3 is 0 Å². The Kier molecular flexibility index (Phi) is 5.44. The van der Waals surface area contributed by atoms with Crippen molar-refractivity contribution in [3.8, 4) is 16.9 Å². The van der Waals surface area contributed by atoms with Crippen LogP contribution in [0.5, 0.6) is 5.75 Å². The van der Waals surface area contributed by atoms with Gasteiger partial charge in [-0.15, -0.1) is 0 Å². The van der Waals surface area contributed by atoms with Crippen LogP contribution in [0.3, 0.4) is 0 Å². The first-order valence-electron chi connectivity index (χ1n) is 10.5. The zero-order valence-electron chi connectivity index (χ0n) is 17.0. The number of benzene rings is 2.